The summed E-state index contributed by atoms with van der Waals surface area (Å²) in [7, 11) is 1.65. The molecule has 0 aromatic rings. The smallest absolute Gasteiger partial charge is 0.0645 e. The molecule has 3 heteroatoms. The van der Waals surface area contributed by atoms with E-state index < -0.39 is 0 Å². The molecule has 1 aliphatic rings. The average Bonchev–Trinajstić information content (AvgIpc) is 2.12. The van der Waals surface area contributed by atoms with Crippen molar-refractivity contribution in [3.63, 3.8) is 0 Å². The van der Waals surface area contributed by atoms with E-state index in [-0.39, 0.29) is 6.04 Å². The van der Waals surface area contributed by atoms with E-state index in [0.29, 0.717) is 6.61 Å². The lowest BCUT2D eigenvalue weighted by Crippen LogP contribution is -2.28. The van der Waals surface area contributed by atoms with Gasteiger partial charge < -0.3 is 9.94 Å². The zero-order valence-corrected chi connectivity index (χ0v) is 5.00. The molecular formula is C5H11NO2. The number of likely N-dealkylation sites (N-methyl/N-ethyl adjacent to an activating group) is 1. The van der Waals surface area contributed by atoms with Gasteiger partial charge in [0.1, 0.15) is 0 Å². The minimum atomic E-state index is 0.231. The maximum absolute atomic E-state index is 8.81. The molecule has 0 aromatic carbocycles. The highest BCUT2D eigenvalue weighted by Crippen LogP contribution is 2.07. The van der Waals surface area contributed by atoms with Crippen LogP contribution in [0.4, 0.5) is 0 Å². The SMILES string of the molecule is CN(O)C1CCOC1. The van der Waals surface area contributed by atoms with Crippen LogP contribution in [-0.2, 0) is 4.74 Å². The lowest BCUT2D eigenvalue weighted by molar-refractivity contribution is -0.102. The molecule has 0 saturated carbocycles. The molecule has 1 aliphatic heterocycles. The first-order chi connectivity index (χ1) is 3.80. The van der Waals surface area contributed by atoms with Crippen LogP contribution in [0.25, 0.3) is 0 Å². The molecule has 1 N–H and O–H groups in total. The molecule has 0 amide bonds. The van der Waals surface area contributed by atoms with Gasteiger partial charge in [-0.3, -0.25) is 0 Å². The molecule has 1 fully saturated rings. The van der Waals surface area contributed by atoms with Gasteiger partial charge in [0, 0.05) is 13.7 Å². The van der Waals surface area contributed by atoms with Gasteiger partial charge in [-0.05, 0) is 6.42 Å². The maximum atomic E-state index is 8.81. The van der Waals surface area contributed by atoms with E-state index in [1.54, 1.807) is 7.05 Å². The van der Waals surface area contributed by atoms with Gasteiger partial charge in [-0.15, -0.1) is 0 Å². The maximum Gasteiger partial charge on any atom is 0.0645 e. The summed E-state index contributed by atoms with van der Waals surface area (Å²) in [5.74, 6) is 0. The second-order valence-electron chi connectivity index (χ2n) is 2.09. The summed E-state index contributed by atoms with van der Waals surface area (Å²) in [6.07, 6.45) is 0.951. The number of hydrogen-bond acceptors (Lipinski definition) is 3. The third-order valence-corrected chi connectivity index (χ3v) is 1.43. The monoisotopic (exact) mass is 117 g/mol. The van der Waals surface area contributed by atoms with Crippen LogP contribution in [0.5, 0.6) is 0 Å². The van der Waals surface area contributed by atoms with Crippen molar-refractivity contribution in [1.29, 1.82) is 0 Å². The molecule has 1 unspecified atom stereocenters. The lowest BCUT2D eigenvalue weighted by atomic mass is 10.3. The number of hydroxylamine groups is 2. The Morgan fingerprint density at radius 1 is 1.75 bits per heavy atom. The molecule has 1 rings (SSSR count). The molecule has 0 spiro atoms. The van der Waals surface area contributed by atoms with Gasteiger partial charge in [0.15, 0.2) is 0 Å². The quantitative estimate of drug-likeness (QED) is 0.494. The molecule has 8 heavy (non-hydrogen) atoms. The fourth-order valence-electron chi connectivity index (χ4n) is 0.817. The van der Waals surface area contributed by atoms with Crippen molar-refractivity contribution >= 4 is 0 Å². The first-order valence-corrected chi connectivity index (χ1v) is 2.80. The highest BCUT2D eigenvalue weighted by molar-refractivity contribution is 4.66. The highest BCUT2D eigenvalue weighted by Gasteiger charge is 2.17. The van der Waals surface area contributed by atoms with Gasteiger partial charge in [-0.25, -0.2) is 0 Å². The number of rotatable bonds is 1. The average molecular weight is 117 g/mol. The molecule has 0 aliphatic carbocycles. The standard InChI is InChI=1S/C5H11NO2/c1-6(7)5-2-3-8-4-5/h5,7H,2-4H2,1H3. The van der Waals surface area contributed by atoms with E-state index in [1.165, 1.54) is 5.06 Å². The summed E-state index contributed by atoms with van der Waals surface area (Å²) < 4.78 is 5.02. The summed E-state index contributed by atoms with van der Waals surface area (Å²) in [4.78, 5) is 0. The van der Waals surface area contributed by atoms with Crippen molar-refractivity contribution in [2.24, 2.45) is 0 Å². The second kappa shape index (κ2) is 2.44. The largest absolute Gasteiger partial charge is 0.380 e. The van der Waals surface area contributed by atoms with E-state index in [1.807, 2.05) is 0 Å². The molecule has 0 aromatic heterocycles. The lowest BCUT2D eigenvalue weighted by Gasteiger charge is -2.13. The van der Waals surface area contributed by atoms with Crippen LogP contribution >= 0.6 is 0 Å². The molecule has 1 heterocycles. The fourth-order valence-corrected chi connectivity index (χ4v) is 0.817. The van der Waals surface area contributed by atoms with Crippen LogP contribution in [-0.4, -0.2) is 36.6 Å². The first kappa shape index (κ1) is 6.01. The molecule has 0 bridgehead atoms. The van der Waals surface area contributed by atoms with E-state index in [4.69, 9.17) is 9.94 Å². The predicted octanol–water partition coefficient (Wildman–Crippen LogP) is 0.0963. The van der Waals surface area contributed by atoms with Gasteiger partial charge in [0.05, 0.1) is 12.6 Å². The van der Waals surface area contributed by atoms with E-state index >= 15 is 0 Å². The Morgan fingerprint density at radius 3 is 2.75 bits per heavy atom. The van der Waals surface area contributed by atoms with Crippen molar-refractivity contribution in [3.05, 3.63) is 0 Å². The fraction of sp³-hybridized carbons (Fsp3) is 1.00. The Hall–Kier alpha value is -0.120. The van der Waals surface area contributed by atoms with Crippen molar-refractivity contribution < 1.29 is 9.94 Å². The summed E-state index contributed by atoms with van der Waals surface area (Å²) in [6.45, 7) is 1.46. The Bertz CT molecular complexity index is 68.8. The topological polar surface area (TPSA) is 32.7 Å². The summed E-state index contributed by atoms with van der Waals surface area (Å²) >= 11 is 0. The predicted molar refractivity (Wildman–Crippen MR) is 28.8 cm³/mol. The molecule has 48 valence electrons. The Morgan fingerprint density at radius 2 is 2.50 bits per heavy atom. The first-order valence-electron chi connectivity index (χ1n) is 2.80. The minimum absolute atomic E-state index is 0.231. The number of hydrogen-bond donors (Lipinski definition) is 1. The Balaban J connectivity index is 2.24. The summed E-state index contributed by atoms with van der Waals surface area (Å²) in [6, 6.07) is 0.231. The van der Waals surface area contributed by atoms with E-state index in [2.05, 4.69) is 0 Å². The van der Waals surface area contributed by atoms with E-state index in [9.17, 15) is 0 Å². The van der Waals surface area contributed by atoms with Crippen LogP contribution in [0.2, 0.25) is 0 Å². The van der Waals surface area contributed by atoms with Crippen molar-refractivity contribution in [2.45, 2.75) is 12.5 Å². The van der Waals surface area contributed by atoms with Crippen molar-refractivity contribution in [1.82, 2.24) is 5.06 Å². The van der Waals surface area contributed by atoms with Gasteiger partial charge in [-0.2, -0.15) is 5.06 Å². The third-order valence-electron chi connectivity index (χ3n) is 1.43. The van der Waals surface area contributed by atoms with Crippen LogP contribution in [0.3, 0.4) is 0 Å². The Kier molecular flexibility index (Phi) is 1.83. The van der Waals surface area contributed by atoms with Gasteiger partial charge in [0.2, 0.25) is 0 Å². The van der Waals surface area contributed by atoms with E-state index in [0.717, 1.165) is 13.0 Å². The van der Waals surface area contributed by atoms with Crippen LogP contribution < -0.4 is 0 Å². The molecular weight excluding hydrogens is 106 g/mol. The molecule has 1 saturated heterocycles. The molecule has 3 nitrogen and oxygen atoms in total. The molecule has 0 radical (unpaired) electrons. The third kappa shape index (κ3) is 1.18. The zero-order valence-electron chi connectivity index (χ0n) is 5.00. The van der Waals surface area contributed by atoms with Gasteiger partial charge >= 0.3 is 0 Å². The van der Waals surface area contributed by atoms with Crippen LogP contribution in [0.15, 0.2) is 0 Å². The summed E-state index contributed by atoms with van der Waals surface area (Å²) in [5.41, 5.74) is 0. The van der Waals surface area contributed by atoms with Gasteiger partial charge in [0.25, 0.3) is 0 Å². The number of nitrogens with zero attached hydrogens (tertiary/aromatic N) is 1. The van der Waals surface area contributed by atoms with Crippen molar-refractivity contribution in [2.75, 3.05) is 20.3 Å². The van der Waals surface area contributed by atoms with Crippen molar-refractivity contribution in [3.8, 4) is 0 Å². The van der Waals surface area contributed by atoms with Crippen LogP contribution in [0, 0.1) is 0 Å². The van der Waals surface area contributed by atoms with Gasteiger partial charge in [-0.1, -0.05) is 0 Å². The number of ether oxygens (including phenoxy) is 1. The second-order valence-corrected chi connectivity index (χ2v) is 2.09. The Labute approximate surface area is 48.8 Å². The van der Waals surface area contributed by atoms with Crippen LogP contribution in [0.1, 0.15) is 6.42 Å². The zero-order chi connectivity index (χ0) is 5.98. The summed E-state index contributed by atoms with van der Waals surface area (Å²) in [5, 5.41) is 10.0. The normalized spacial score (nSPS) is 29.6. The molecule has 1 atom stereocenters. The minimum Gasteiger partial charge on any atom is -0.380 e. The highest BCUT2D eigenvalue weighted by atomic mass is 16.5.